The first-order valence-electron chi connectivity index (χ1n) is 6.36. The smallest absolute Gasteiger partial charge is 0.130 e. The molecular formula is C14H22F2N2. The number of hydrogen-bond acceptors (Lipinski definition) is 2. The zero-order valence-corrected chi connectivity index (χ0v) is 11.3. The van der Waals surface area contributed by atoms with Crippen LogP contribution in [0.5, 0.6) is 0 Å². The molecule has 0 atom stereocenters. The molecule has 0 saturated carbocycles. The number of nitrogens with zero attached hydrogens (tertiary/aromatic N) is 1. The summed E-state index contributed by atoms with van der Waals surface area (Å²) in [7, 11) is 2.07. The molecule has 0 saturated heterocycles. The quantitative estimate of drug-likeness (QED) is 0.755. The van der Waals surface area contributed by atoms with Crippen LogP contribution in [0.2, 0.25) is 0 Å². The van der Waals surface area contributed by atoms with Crippen molar-refractivity contribution < 1.29 is 8.78 Å². The summed E-state index contributed by atoms with van der Waals surface area (Å²) >= 11 is 0. The maximum absolute atomic E-state index is 13.3. The van der Waals surface area contributed by atoms with Gasteiger partial charge in [0, 0.05) is 18.2 Å². The van der Waals surface area contributed by atoms with Crippen molar-refractivity contribution in [3.8, 4) is 0 Å². The lowest BCUT2D eigenvalue weighted by Crippen LogP contribution is -2.29. The van der Waals surface area contributed by atoms with Crippen LogP contribution in [-0.4, -0.2) is 31.1 Å². The summed E-state index contributed by atoms with van der Waals surface area (Å²) in [6, 6.07) is 4.47. The third-order valence-electron chi connectivity index (χ3n) is 3.11. The predicted octanol–water partition coefficient (Wildman–Crippen LogP) is 2.78. The molecule has 2 nitrogen and oxygen atoms in total. The average molecular weight is 256 g/mol. The lowest BCUT2D eigenvalue weighted by Gasteiger charge is -2.20. The Bertz CT molecular complexity index is 347. The highest BCUT2D eigenvalue weighted by Gasteiger charge is 2.07. The van der Waals surface area contributed by atoms with Crippen molar-refractivity contribution >= 4 is 0 Å². The normalized spacial score (nSPS) is 11.5. The second kappa shape index (κ2) is 7.44. The minimum Gasteiger partial charge on any atom is -0.312 e. The largest absolute Gasteiger partial charge is 0.312 e. The van der Waals surface area contributed by atoms with Crippen LogP contribution in [0, 0.1) is 11.6 Å². The first kappa shape index (κ1) is 15.1. The first-order valence-corrected chi connectivity index (χ1v) is 6.36. The molecule has 0 fully saturated rings. The summed E-state index contributed by atoms with van der Waals surface area (Å²) < 4.78 is 26.6. The number of hydrogen-bond donors (Lipinski definition) is 1. The van der Waals surface area contributed by atoms with E-state index in [-0.39, 0.29) is 12.1 Å². The maximum Gasteiger partial charge on any atom is 0.130 e. The fraction of sp³-hybridized carbons (Fsp3) is 0.571. The van der Waals surface area contributed by atoms with Crippen LogP contribution in [0.25, 0.3) is 0 Å². The average Bonchev–Trinajstić information content (AvgIpc) is 2.31. The van der Waals surface area contributed by atoms with E-state index in [0.717, 1.165) is 19.5 Å². The molecule has 0 aliphatic heterocycles. The second-order valence-electron chi connectivity index (χ2n) is 4.80. The van der Waals surface area contributed by atoms with Crippen LogP contribution in [0.15, 0.2) is 18.2 Å². The van der Waals surface area contributed by atoms with Crippen molar-refractivity contribution in [2.45, 2.75) is 32.9 Å². The zero-order chi connectivity index (χ0) is 13.5. The van der Waals surface area contributed by atoms with Gasteiger partial charge in [0.15, 0.2) is 0 Å². The van der Waals surface area contributed by atoms with Crippen LogP contribution >= 0.6 is 0 Å². The minimum absolute atomic E-state index is 0.120. The van der Waals surface area contributed by atoms with E-state index in [1.54, 1.807) is 0 Å². The lowest BCUT2D eigenvalue weighted by molar-refractivity contribution is 0.269. The second-order valence-corrected chi connectivity index (χ2v) is 4.80. The van der Waals surface area contributed by atoms with Gasteiger partial charge in [-0.1, -0.05) is 6.07 Å². The van der Waals surface area contributed by atoms with Crippen molar-refractivity contribution in [2.24, 2.45) is 0 Å². The molecule has 1 N–H and O–H groups in total. The molecule has 0 radical (unpaired) electrons. The molecule has 0 aliphatic rings. The zero-order valence-electron chi connectivity index (χ0n) is 11.3. The van der Waals surface area contributed by atoms with Gasteiger partial charge in [0.25, 0.3) is 0 Å². The van der Waals surface area contributed by atoms with Gasteiger partial charge < -0.3 is 10.2 Å². The van der Waals surface area contributed by atoms with Gasteiger partial charge in [0.05, 0.1) is 0 Å². The topological polar surface area (TPSA) is 15.3 Å². The highest BCUT2D eigenvalue weighted by Crippen LogP contribution is 2.11. The highest BCUT2D eigenvalue weighted by atomic mass is 19.1. The first-order chi connectivity index (χ1) is 8.52. The molecule has 1 rings (SSSR count). The predicted molar refractivity (Wildman–Crippen MR) is 70.4 cm³/mol. The number of benzene rings is 1. The van der Waals surface area contributed by atoms with Crippen molar-refractivity contribution in [1.29, 1.82) is 0 Å². The van der Waals surface area contributed by atoms with E-state index in [1.165, 1.54) is 18.2 Å². The SMILES string of the molecule is CC(C)N(C)CCCNCc1c(F)cccc1F. The molecule has 1 aromatic rings. The van der Waals surface area contributed by atoms with E-state index in [2.05, 4.69) is 31.1 Å². The Kier molecular flexibility index (Phi) is 6.22. The van der Waals surface area contributed by atoms with Crippen LogP contribution in [0.3, 0.4) is 0 Å². The Labute approximate surface area is 108 Å². The van der Waals surface area contributed by atoms with Gasteiger partial charge in [-0.05, 0) is 52.5 Å². The number of rotatable bonds is 7. The molecule has 102 valence electrons. The standard InChI is InChI=1S/C14H22F2N2/c1-11(2)18(3)9-5-8-17-10-12-13(15)6-4-7-14(12)16/h4,6-7,11,17H,5,8-10H2,1-3H3. The summed E-state index contributed by atoms with van der Waals surface area (Å²) in [5, 5.41) is 3.07. The Hall–Kier alpha value is -1.00. The third-order valence-corrected chi connectivity index (χ3v) is 3.11. The van der Waals surface area contributed by atoms with Gasteiger partial charge in [0.1, 0.15) is 11.6 Å². The Morgan fingerprint density at radius 3 is 2.39 bits per heavy atom. The Morgan fingerprint density at radius 2 is 1.83 bits per heavy atom. The van der Waals surface area contributed by atoms with E-state index >= 15 is 0 Å². The van der Waals surface area contributed by atoms with Crippen LogP contribution < -0.4 is 5.32 Å². The van der Waals surface area contributed by atoms with Crippen molar-refractivity contribution in [2.75, 3.05) is 20.1 Å². The third kappa shape index (κ3) is 4.70. The van der Waals surface area contributed by atoms with Gasteiger partial charge >= 0.3 is 0 Å². The van der Waals surface area contributed by atoms with E-state index in [0.29, 0.717) is 6.04 Å². The van der Waals surface area contributed by atoms with Crippen LogP contribution in [-0.2, 0) is 6.54 Å². The summed E-state index contributed by atoms with van der Waals surface area (Å²) in [4.78, 5) is 2.24. The molecule has 0 aliphatic carbocycles. The summed E-state index contributed by atoms with van der Waals surface area (Å²) in [6.07, 6.45) is 0.963. The van der Waals surface area contributed by atoms with Crippen molar-refractivity contribution in [1.82, 2.24) is 10.2 Å². The van der Waals surface area contributed by atoms with E-state index in [1.807, 2.05) is 0 Å². The molecule has 4 heteroatoms. The highest BCUT2D eigenvalue weighted by molar-refractivity contribution is 5.19. The Balaban J connectivity index is 2.26. The minimum atomic E-state index is -0.484. The van der Waals surface area contributed by atoms with Crippen molar-refractivity contribution in [3.05, 3.63) is 35.4 Å². The lowest BCUT2D eigenvalue weighted by atomic mass is 10.2. The fourth-order valence-corrected chi connectivity index (χ4v) is 1.63. The van der Waals surface area contributed by atoms with E-state index < -0.39 is 11.6 Å². The van der Waals surface area contributed by atoms with Gasteiger partial charge in [-0.2, -0.15) is 0 Å². The molecule has 0 aromatic heterocycles. The van der Waals surface area contributed by atoms with Crippen molar-refractivity contribution in [3.63, 3.8) is 0 Å². The van der Waals surface area contributed by atoms with E-state index in [9.17, 15) is 8.78 Å². The summed E-state index contributed by atoms with van der Waals surface area (Å²) in [6.45, 7) is 6.25. The molecule has 1 aromatic carbocycles. The van der Waals surface area contributed by atoms with Crippen LogP contribution in [0.1, 0.15) is 25.8 Å². The molecule has 0 spiro atoms. The van der Waals surface area contributed by atoms with Gasteiger partial charge in [-0.15, -0.1) is 0 Å². The van der Waals surface area contributed by atoms with Crippen LogP contribution in [0.4, 0.5) is 8.78 Å². The summed E-state index contributed by atoms with van der Waals surface area (Å²) in [5.41, 5.74) is 0.120. The molecule has 0 heterocycles. The molecular weight excluding hydrogens is 234 g/mol. The molecule has 0 unspecified atom stereocenters. The summed E-state index contributed by atoms with van der Waals surface area (Å²) in [5.74, 6) is -0.969. The molecule has 0 amide bonds. The van der Waals surface area contributed by atoms with Gasteiger partial charge in [-0.25, -0.2) is 8.78 Å². The number of halogens is 2. The fourth-order valence-electron chi connectivity index (χ4n) is 1.63. The molecule has 0 bridgehead atoms. The molecule has 18 heavy (non-hydrogen) atoms. The van der Waals surface area contributed by atoms with Gasteiger partial charge in [0.2, 0.25) is 0 Å². The Morgan fingerprint density at radius 1 is 1.22 bits per heavy atom. The van der Waals surface area contributed by atoms with Gasteiger partial charge in [-0.3, -0.25) is 0 Å². The maximum atomic E-state index is 13.3. The monoisotopic (exact) mass is 256 g/mol. The van der Waals surface area contributed by atoms with E-state index in [4.69, 9.17) is 0 Å². The number of nitrogens with one attached hydrogen (secondary N) is 1.